The van der Waals surface area contributed by atoms with Crippen LogP contribution in [0.1, 0.15) is 12.6 Å². The highest BCUT2D eigenvalue weighted by molar-refractivity contribution is 8.00. The molecule has 0 bridgehead atoms. The van der Waals surface area contributed by atoms with Crippen molar-refractivity contribution in [3.8, 4) is 5.75 Å². The van der Waals surface area contributed by atoms with Crippen LogP contribution in [0.3, 0.4) is 0 Å². The van der Waals surface area contributed by atoms with E-state index in [1.165, 1.54) is 11.8 Å². The van der Waals surface area contributed by atoms with Crippen LogP contribution in [0.2, 0.25) is 0 Å². The molecule has 0 radical (unpaired) electrons. The van der Waals surface area contributed by atoms with Crippen molar-refractivity contribution in [2.24, 2.45) is 0 Å². The van der Waals surface area contributed by atoms with Crippen LogP contribution in [0.4, 0.5) is 0 Å². The molecule has 1 N–H and O–H groups in total. The molecule has 0 aliphatic carbocycles. The van der Waals surface area contributed by atoms with E-state index in [0.717, 1.165) is 21.3 Å². The van der Waals surface area contributed by atoms with E-state index in [2.05, 4.69) is 10.3 Å². The second-order valence-electron chi connectivity index (χ2n) is 4.79. The van der Waals surface area contributed by atoms with Crippen LogP contribution in [-0.2, 0) is 11.3 Å². The Hall–Kier alpha value is -1.99. The van der Waals surface area contributed by atoms with Crippen molar-refractivity contribution in [3.63, 3.8) is 0 Å². The number of carbonyl (C=O) groups is 1. The molecule has 2 heterocycles. The summed E-state index contributed by atoms with van der Waals surface area (Å²) in [4.78, 5) is 18.4. The predicted molar refractivity (Wildman–Crippen MR) is 93.3 cm³/mol. The van der Waals surface area contributed by atoms with Gasteiger partial charge < -0.3 is 10.1 Å². The average molecular weight is 347 g/mol. The topological polar surface area (TPSA) is 55.6 Å². The Balaban J connectivity index is 1.44. The highest BCUT2D eigenvalue weighted by Crippen LogP contribution is 2.21. The van der Waals surface area contributed by atoms with Crippen molar-refractivity contribution in [1.82, 2.24) is 14.7 Å². The lowest BCUT2D eigenvalue weighted by atomic mass is 10.3. The van der Waals surface area contributed by atoms with Crippen molar-refractivity contribution in [1.29, 1.82) is 0 Å². The van der Waals surface area contributed by atoms with Crippen molar-refractivity contribution < 1.29 is 9.53 Å². The van der Waals surface area contributed by atoms with E-state index in [4.69, 9.17) is 4.74 Å². The van der Waals surface area contributed by atoms with Gasteiger partial charge in [-0.2, -0.15) is 0 Å². The van der Waals surface area contributed by atoms with Crippen LogP contribution in [0.25, 0.3) is 4.96 Å². The van der Waals surface area contributed by atoms with Crippen molar-refractivity contribution in [2.45, 2.75) is 18.4 Å². The maximum absolute atomic E-state index is 11.9. The van der Waals surface area contributed by atoms with Gasteiger partial charge in [0.1, 0.15) is 5.75 Å². The summed E-state index contributed by atoms with van der Waals surface area (Å²) >= 11 is 3.09. The molecule has 1 aromatic carbocycles. The number of fused-ring (bicyclic) bond motifs is 1. The summed E-state index contributed by atoms with van der Waals surface area (Å²) in [6.45, 7) is 3.06. The van der Waals surface area contributed by atoms with Gasteiger partial charge in [0.2, 0.25) is 5.91 Å². The van der Waals surface area contributed by atoms with E-state index >= 15 is 0 Å². The van der Waals surface area contributed by atoms with Crippen LogP contribution in [0.15, 0.2) is 46.9 Å². The van der Waals surface area contributed by atoms with Gasteiger partial charge in [0.05, 0.1) is 24.6 Å². The van der Waals surface area contributed by atoms with Gasteiger partial charge in [-0.05, 0) is 31.2 Å². The zero-order chi connectivity index (χ0) is 16.1. The number of ether oxygens (including phenoxy) is 1. The van der Waals surface area contributed by atoms with Gasteiger partial charge in [0.25, 0.3) is 0 Å². The Morgan fingerprint density at radius 1 is 1.39 bits per heavy atom. The fraction of sp³-hybridized carbons (Fsp3) is 0.250. The number of benzene rings is 1. The second-order valence-corrected chi connectivity index (χ2v) is 6.72. The molecule has 0 aliphatic rings. The predicted octanol–water partition coefficient (Wildman–Crippen LogP) is 3.20. The molecule has 5 nitrogen and oxygen atoms in total. The number of nitrogens with one attached hydrogen (secondary N) is 1. The van der Waals surface area contributed by atoms with Gasteiger partial charge in [0, 0.05) is 22.7 Å². The zero-order valence-electron chi connectivity index (χ0n) is 12.7. The van der Waals surface area contributed by atoms with Gasteiger partial charge in [-0.3, -0.25) is 9.20 Å². The summed E-state index contributed by atoms with van der Waals surface area (Å²) < 4.78 is 7.35. The standard InChI is InChI=1S/C16H17N3O2S2/c1-2-21-13-3-5-14(6-4-13)23-11-15(20)17-9-12-10-19-7-8-22-16(19)18-12/h3-8,10H,2,9,11H2,1H3,(H,17,20). The first-order valence-corrected chi connectivity index (χ1v) is 9.14. The third-order valence-corrected chi connectivity index (χ3v) is 4.90. The minimum absolute atomic E-state index is 0.000222. The van der Waals surface area contributed by atoms with E-state index < -0.39 is 0 Å². The molecule has 2 aromatic heterocycles. The Kier molecular flexibility index (Phi) is 5.19. The number of imidazole rings is 1. The summed E-state index contributed by atoms with van der Waals surface area (Å²) in [6.07, 6.45) is 3.89. The molecule has 120 valence electrons. The number of nitrogens with zero attached hydrogens (tertiary/aromatic N) is 2. The Labute approximate surface area is 142 Å². The van der Waals surface area contributed by atoms with E-state index in [1.54, 1.807) is 11.3 Å². The fourth-order valence-electron chi connectivity index (χ4n) is 2.05. The first kappa shape index (κ1) is 15.9. The zero-order valence-corrected chi connectivity index (χ0v) is 14.3. The number of amides is 1. The molecule has 0 atom stereocenters. The average Bonchev–Trinajstić information content (AvgIpc) is 3.14. The van der Waals surface area contributed by atoms with Gasteiger partial charge in [-0.25, -0.2) is 4.98 Å². The van der Waals surface area contributed by atoms with Crippen molar-refractivity contribution >= 4 is 34.0 Å². The molecule has 0 saturated heterocycles. The number of hydrogen-bond donors (Lipinski definition) is 1. The summed E-state index contributed by atoms with van der Waals surface area (Å²) in [6, 6.07) is 7.77. The molecule has 7 heteroatoms. The Morgan fingerprint density at radius 3 is 2.96 bits per heavy atom. The molecule has 0 aliphatic heterocycles. The Morgan fingerprint density at radius 2 is 2.22 bits per heavy atom. The summed E-state index contributed by atoms with van der Waals surface area (Å²) in [5, 5.41) is 4.88. The van der Waals surface area contributed by atoms with Gasteiger partial charge >= 0.3 is 0 Å². The lowest BCUT2D eigenvalue weighted by Crippen LogP contribution is -2.24. The number of aromatic nitrogens is 2. The van der Waals surface area contributed by atoms with E-state index in [-0.39, 0.29) is 5.91 Å². The molecule has 0 spiro atoms. The van der Waals surface area contributed by atoms with Crippen LogP contribution >= 0.6 is 23.1 Å². The second kappa shape index (κ2) is 7.52. The first-order valence-electron chi connectivity index (χ1n) is 7.28. The molecule has 3 rings (SSSR count). The monoisotopic (exact) mass is 347 g/mol. The van der Waals surface area contributed by atoms with Crippen molar-refractivity contribution in [2.75, 3.05) is 12.4 Å². The Bertz CT molecular complexity index is 752. The quantitative estimate of drug-likeness (QED) is 0.667. The van der Waals surface area contributed by atoms with Gasteiger partial charge in [-0.15, -0.1) is 23.1 Å². The smallest absolute Gasteiger partial charge is 0.230 e. The van der Waals surface area contributed by atoms with E-state index in [9.17, 15) is 4.79 Å². The molecule has 3 aromatic rings. The normalized spacial score (nSPS) is 10.8. The number of thioether (sulfide) groups is 1. The molecule has 0 unspecified atom stereocenters. The third-order valence-electron chi connectivity index (χ3n) is 3.11. The summed E-state index contributed by atoms with van der Waals surface area (Å²) in [5.74, 6) is 1.23. The fourth-order valence-corrected chi connectivity index (χ4v) is 3.50. The minimum atomic E-state index is 0.000222. The maximum atomic E-state index is 11.9. The summed E-state index contributed by atoms with van der Waals surface area (Å²) in [5.41, 5.74) is 0.872. The molecule has 23 heavy (non-hydrogen) atoms. The third kappa shape index (κ3) is 4.27. The molecule has 0 saturated carbocycles. The van der Waals surface area contributed by atoms with Crippen LogP contribution in [0.5, 0.6) is 5.75 Å². The number of thiazole rings is 1. The van der Waals surface area contributed by atoms with Gasteiger partial charge in [0.15, 0.2) is 4.96 Å². The van der Waals surface area contributed by atoms with Gasteiger partial charge in [-0.1, -0.05) is 0 Å². The van der Waals surface area contributed by atoms with E-state index in [1.807, 2.05) is 53.4 Å². The van der Waals surface area contributed by atoms with Crippen LogP contribution in [0, 0.1) is 0 Å². The minimum Gasteiger partial charge on any atom is -0.494 e. The lowest BCUT2D eigenvalue weighted by Gasteiger charge is -2.05. The molecule has 1 amide bonds. The number of carbonyl (C=O) groups excluding carboxylic acids is 1. The summed E-state index contributed by atoms with van der Waals surface area (Å²) in [7, 11) is 0. The lowest BCUT2D eigenvalue weighted by molar-refractivity contribution is -0.118. The SMILES string of the molecule is CCOc1ccc(SCC(=O)NCc2cn3ccsc3n2)cc1. The van der Waals surface area contributed by atoms with E-state index in [0.29, 0.717) is 18.9 Å². The largest absolute Gasteiger partial charge is 0.494 e. The number of hydrogen-bond acceptors (Lipinski definition) is 5. The first-order chi connectivity index (χ1) is 11.2. The molecule has 0 fully saturated rings. The number of rotatable bonds is 7. The van der Waals surface area contributed by atoms with Crippen molar-refractivity contribution in [3.05, 3.63) is 47.7 Å². The van der Waals surface area contributed by atoms with Crippen LogP contribution < -0.4 is 10.1 Å². The van der Waals surface area contributed by atoms with Crippen LogP contribution in [-0.4, -0.2) is 27.7 Å². The highest BCUT2D eigenvalue weighted by atomic mass is 32.2. The molecular weight excluding hydrogens is 330 g/mol. The molecular formula is C16H17N3O2S2. The maximum Gasteiger partial charge on any atom is 0.230 e. The highest BCUT2D eigenvalue weighted by Gasteiger charge is 2.06.